The molecule has 0 saturated carbocycles. The van der Waals surface area contributed by atoms with Crippen molar-refractivity contribution in [1.29, 1.82) is 0 Å². The maximum absolute atomic E-state index is 12.1. The van der Waals surface area contributed by atoms with E-state index in [2.05, 4.69) is 36.0 Å². The summed E-state index contributed by atoms with van der Waals surface area (Å²) in [5.41, 5.74) is 0. The Morgan fingerprint density at radius 3 is 2.19 bits per heavy atom. The molecule has 124 valence electrons. The van der Waals surface area contributed by atoms with E-state index in [9.17, 15) is 4.79 Å². The standard InChI is InChI=1S/C16H34N4O/c1-6-19(7-2)16(21)17-13-15(12-14(3)4)20-10-8-18(5)9-11-20/h14-15H,6-13H2,1-5H3,(H,17,21). The fourth-order valence-electron chi connectivity index (χ4n) is 2.92. The molecular weight excluding hydrogens is 264 g/mol. The predicted molar refractivity (Wildman–Crippen MR) is 88.6 cm³/mol. The highest BCUT2D eigenvalue weighted by molar-refractivity contribution is 5.74. The van der Waals surface area contributed by atoms with Crippen molar-refractivity contribution in [2.24, 2.45) is 5.92 Å². The first-order chi connectivity index (χ1) is 9.97. The molecule has 0 aromatic heterocycles. The van der Waals surface area contributed by atoms with Crippen molar-refractivity contribution in [3.63, 3.8) is 0 Å². The van der Waals surface area contributed by atoms with Gasteiger partial charge in [0.25, 0.3) is 0 Å². The zero-order valence-corrected chi connectivity index (χ0v) is 14.6. The minimum absolute atomic E-state index is 0.0721. The summed E-state index contributed by atoms with van der Waals surface area (Å²) in [4.78, 5) is 18.9. The molecule has 1 atom stereocenters. The quantitative estimate of drug-likeness (QED) is 0.777. The average molecular weight is 298 g/mol. The van der Waals surface area contributed by atoms with E-state index in [0.29, 0.717) is 12.0 Å². The summed E-state index contributed by atoms with van der Waals surface area (Å²) in [5, 5.41) is 3.13. The van der Waals surface area contributed by atoms with Crippen LogP contribution in [0.4, 0.5) is 4.79 Å². The Kier molecular flexibility index (Phi) is 8.04. The van der Waals surface area contributed by atoms with Gasteiger partial charge in [-0.2, -0.15) is 0 Å². The van der Waals surface area contributed by atoms with Crippen LogP contribution in [0.1, 0.15) is 34.1 Å². The number of piperazine rings is 1. The normalized spacial score (nSPS) is 18.8. The first-order valence-corrected chi connectivity index (χ1v) is 8.43. The summed E-state index contributed by atoms with van der Waals surface area (Å²) in [7, 11) is 2.18. The predicted octanol–water partition coefficient (Wildman–Crippen LogP) is 1.70. The van der Waals surface area contributed by atoms with Gasteiger partial charge in [-0.15, -0.1) is 0 Å². The molecule has 5 nitrogen and oxygen atoms in total. The molecule has 1 aliphatic rings. The third-order valence-corrected chi connectivity index (χ3v) is 4.34. The van der Waals surface area contributed by atoms with E-state index in [-0.39, 0.29) is 6.03 Å². The van der Waals surface area contributed by atoms with Crippen molar-refractivity contribution >= 4 is 6.03 Å². The van der Waals surface area contributed by atoms with Crippen LogP contribution in [0.5, 0.6) is 0 Å². The van der Waals surface area contributed by atoms with Crippen LogP contribution in [0, 0.1) is 5.92 Å². The highest BCUT2D eigenvalue weighted by Crippen LogP contribution is 2.13. The minimum atomic E-state index is 0.0721. The molecule has 1 aliphatic heterocycles. The highest BCUT2D eigenvalue weighted by Gasteiger charge is 2.24. The maximum atomic E-state index is 12.1. The summed E-state index contributed by atoms with van der Waals surface area (Å²) in [5.74, 6) is 0.653. The first kappa shape index (κ1) is 18.2. The van der Waals surface area contributed by atoms with Gasteiger partial charge in [0, 0.05) is 51.9 Å². The van der Waals surface area contributed by atoms with Crippen LogP contribution in [0.3, 0.4) is 0 Å². The topological polar surface area (TPSA) is 38.8 Å². The molecular formula is C16H34N4O. The number of urea groups is 1. The molecule has 1 unspecified atom stereocenters. The number of rotatable bonds is 7. The van der Waals surface area contributed by atoms with E-state index in [4.69, 9.17) is 0 Å². The second-order valence-electron chi connectivity index (χ2n) is 6.48. The molecule has 0 aromatic carbocycles. The lowest BCUT2D eigenvalue weighted by Gasteiger charge is -2.39. The van der Waals surface area contributed by atoms with Gasteiger partial charge < -0.3 is 15.1 Å². The summed E-state index contributed by atoms with van der Waals surface area (Å²) < 4.78 is 0. The molecule has 0 spiro atoms. The molecule has 2 amide bonds. The number of amides is 2. The molecule has 1 rings (SSSR count). The van der Waals surface area contributed by atoms with Crippen molar-refractivity contribution in [1.82, 2.24) is 20.0 Å². The van der Waals surface area contributed by atoms with Gasteiger partial charge in [-0.1, -0.05) is 13.8 Å². The molecule has 1 saturated heterocycles. The molecule has 21 heavy (non-hydrogen) atoms. The average Bonchev–Trinajstić information content (AvgIpc) is 2.45. The van der Waals surface area contributed by atoms with Gasteiger partial charge >= 0.3 is 6.03 Å². The summed E-state index contributed by atoms with van der Waals surface area (Å²) >= 11 is 0. The second kappa shape index (κ2) is 9.26. The third-order valence-electron chi connectivity index (χ3n) is 4.34. The van der Waals surface area contributed by atoms with Crippen molar-refractivity contribution < 1.29 is 4.79 Å². The van der Waals surface area contributed by atoms with Crippen LogP contribution >= 0.6 is 0 Å². The summed E-state index contributed by atoms with van der Waals surface area (Å²) in [6.07, 6.45) is 1.14. The van der Waals surface area contributed by atoms with E-state index in [0.717, 1.165) is 52.2 Å². The van der Waals surface area contributed by atoms with Gasteiger partial charge in [0.05, 0.1) is 0 Å². The molecule has 0 aromatic rings. The van der Waals surface area contributed by atoms with Crippen LogP contribution < -0.4 is 5.32 Å². The van der Waals surface area contributed by atoms with E-state index in [1.807, 2.05) is 18.7 Å². The van der Waals surface area contributed by atoms with Crippen molar-refractivity contribution in [3.05, 3.63) is 0 Å². The Balaban J connectivity index is 2.51. The number of nitrogens with one attached hydrogen (secondary N) is 1. The Labute approximate surface area is 130 Å². The fourth-order valence-corrected chi connectivity index (χ4v) is 2.92. The molecule has 0 aliphatic carbocycles. The number of likely N-dealkylation sites (N-methyl/N-ethyl adjacent to an activating group) is 1. The molecule has 0 bridgehead atoms. The summed E-state index contributed by atoms with van der Waals surface area (Å²) in [6.45, 7) is 15.3. The van der Waals surface area contributed by atoms with E-state index < -0.39 is 0 Å². The zero-order valence-electron chi connectivity index (χ0n) is 14.6. The van der Waals surface area contributed by atoms with Gasteiger partial charge in [-0.05, 0) is 33.2 Å². The maximum Gasteiger partial charge on any atom is 0.317 e. The van der Waals surface area contributed by atoms with Gasteiger partial charge in [-0.3, -0.25) is 4.90 Å². The number of carbonyl (C=O) groups is 1. The molecule has 0 radical (unpaired) electrons. The Morgan fingerprint density at radius 2 is 1.71 bits per heavy atom. The minimum Gasteiger partial charge on any atom is -0.336 e. The van der Waals surface area contributed by atoms with E-state index in [1.165, 1.54) is 0 Å². The van der Waals surface area contributed by atoms with Gasteiger partial charge in [0.2, 0.25) is 0 Å². The second-order valence-corrected chi connectivity index (χ2v) is 6.48. The monoisotopic (exact) mass is 298 g/mol. The van der Waals surface area contributed by atoms with Gasteiger partial charge in [-0.25, -0.2) is 4.79 Å². The van der Waals surface area contributed by atoms with Crippen LogP contribution in [-0.2, 0) is 0 Å². The molecule has 5 heteroatoms. The lowest BCUT2D eigenvalue weighted by molar-refractivity contribution is 0.0989. The largest absolute Gasteiger partial charge is 0.336 e. The Morgan fingerprint density at radius 1 is 1.14 bits per heavy atom. The van der Waals surface area contributed by atoms with Crippen molar-refractivity contribution in [2.45, 2.75) is 40.2 Å². The van der Waals surface area contributed by atoms with E-state index >= 15 is 0 Å². The zero-order chi connectivity index (χ0) is 15.8. The smallest absolute Gasteiger partial charge is 0.317 e. The van der Waals surface area contributed by atoms with Crippen molar-refractivity contribution in [2.75, 3.05) is 52.9 Å². The Hall–Kier alpha value is -0.810. The van der Waals surface area contributed by atoms with Crippen LogP contribution in [0.15, 0.2) is 0 Å². The lowest BCUT2D eigenvalue weighted by Crippen LogP contribution is -2.53. The molecule has 1 fully saturated rings. The van der Waals surface area contributed by atoms with Crippen LogP contribution in [0.2, 0.25) is 0 Å². The number of nitrogens with zero attached hydrogens (tertiary/aromatic N) is 3. The number of carbonyl (C=O) groups excluding carboxylic acids is 1. The fraction of sp³-hybridized carbons (Fsp3) is 0.938. The van der Waals surface area contributed by atoms with Crippen molar-refractivity contribution in [3.8, 4) is 0 Å². The summed E-state index contributed by atoms with van der Waals surface area (Å²) in [6, 6.07) is 0.529. The van der Waals surface area contributed by atoms with Gasteiger partial charge in [0.1, 0.15) is 0 Å². The highest BCUT2D eigenvalue weighted by atomic mass is 16.2. The third kappa shape index (κ3) is 6.22. The molecule has 1 heterocycles. The Bertz CT molecular complexity index is 297. The number of hydrogen-bond acceptors (Lipinski definition) is 3. The van der Waals surface area contributed by atoms with Crippen LogP contribution in [-0.4, -0.2) is 79.6 Å². The molecule has 1 N–H and O–H groups in total. The lowest BCUT2D eigenvalue weighted by atomic mass is 10.0. The SMILES string of the molecule is CCN(CC)C(=O)NCC(CC(C)C)N1CCN(C)CC1. The number of hydrogen-bond donors (Lipinski definition) is 1. The van der Waals surface area contributed by atoms with Crippen LogP contribution in [0.25, 0.3) is 0 Å². The van der Waals surface area contributed by atoms with E-state index in [1.54, 1.807) is 0 Å². The first-order valence-electron chi connectivity index (χ1n) is 8.43. The van der Waals surface area contributed by atoms with Gasteiger partial charge in [0.15, 0.2) is 0 Å².